The smallest absolute Gasteiger partial charge is 0.274 e. The third-order valence-electron chi connectivity index (χ3n) is 1.71. The summed E-state index contributed by atoms with van der Waals surface area (Å²) in [6.45, 7) is 0. The SMILES string of the molecule is CO[C@@H]1Nc2ncncc2NC1=O. The Morgan fingerprint density at radius 1 is 1.62 bits per heavy atom. The second kappa shape index (κ2) is 2.98. The van der Waals surface area contributed by atoms with Crippen molar-refractivity contribution >= 4 is 17.4 Å². The summed E-state index contributed by atoms with van der Waals surface area (Å²) in [6, 6.07) is 0. The van der Waals surface area contributed by atoms with E-state index in [-0.39, 0.29) is 5.91 Å². The summed E-state index contributed by atoms with van der Waals surface area (Å²) < 4.78 is 4.88. The zero-order chi connectivity index (χ0) is 9.26. The molecule has 1 aliphatic rings. The highest BCUT2D eigenvalue weighted by atomic mass is 16.5. The molecule has 2 heterocycles. The van der Waals surface area contributed by atoms with E-state index in [1.54, 1.807) is 0 Å². The van der Waals surface area contributed by atoms with Crippen molar-refractivity contribution < 1.29 is 9.53 Å². The third-order valence-corrected chi connectivity index (χ3v) is 1.71. The van der Waals surface area contributed by atoms with Crippen LogP contribution >= 0.6 is 0 Å². The molecule has 0 bridgehead atoms. The van der Waals surface area contributed by atoms with Gasteiger partial charge in [0.1, 0.15) is 12.0 Å². The molecule has 0 radical (unpaired) electrons. The van der Waals surface area contributed by atoms with Crippen molar-refractivity contribution in [1.82, 2.24) is 9.97 Å². The first-order valence-electron chi connectivity index (χ1n) is 3.71. The van der Waals surface area contributed by atoms with E-state index in [1.807, 2.05) is 0 Å². The highest BCUT2D eigenvalue weighted by Gasteiger charge is 2.25. The molecular weight excluding hydrogens is 172 g/mol. The van der Waals surface area contributed by atoms with Crippen LogP contribution in [-0.4, -0.2) is 29.2 Å². The normalized spacial score (nSPS) is 20.1. The van der Waals surface area contributed by atoms with E-state index in [1.165, 1.54) is 19.6 Å². The number of anilines is 2. The number of carbonyl (C=O) groups excluding carboxylic acids is 1. The van der Waals surface area contributed by atoms with Crippen LogP contribution in [0.2, 0.25) is 0 Å². The fraction of sp³-hybridized carbons (Fsp3) is 0.286. The predicted molar refractivity (Wildman–Crippen MR) is 45.1 cm³/mol. The van der Waals surface area contributed by atoms with Gasteiger partial charge in [-0.2, -0.15) is 0 Å². The highest BCUT2D eigenvalue weighted by molar-refractivity contribution is 6.00. The molecular formula is C7H8N4O2. The van der Waals surface area contributed by atoms with Crippen LogP contribution in [0.4, 0.5) is 11.5 Å². The number of ether oxygens (including phenoxy) is 1. The van der Waals surface area contributed by atoms with Gasteiger partial charge < -0.3 is 15.4 Å². The molecule has 0 saturated heterocycles. The topological polar surface area (TPSA) is 76.1 Å². The zero-order valence-electron chi connectivity index (χ0n) is 6.94. The van der Waals surface area contributed by atoms with E-state index in [9.17, 15) is 4.79 Å². The highest BCUT2D eigenvalue weighted by Crippen LogP contribution is 2.21. The van der Waals surface area contributed by atoms with Crippen molar-refractivity contribution in [3.8, 4) is 0 Å². The molecule has 0 unspecified atom stereocenters. The van der Waals surface area contributed by atoms with Crippen LogP contribution in [0.5, 0.6) is 0 Å². The van der Waals surface area contributed by atoms with E-state index >= 15 is 0 Å². The van der Waals surface area contributed by atoms with Crippen LogP contribution in [-0.2, 0) is 9.53 Å². The van der Waals surface area contributed by atoms with E-state index in [2.05, 4.69) is 20.6 Å². The van der Waals surface area contributed by atoms with Crippen LogP contribution in [0.3, 0.4) is 0 Å². The molecule has 68 valence electrons. The van der Waals surface area contributed by atoms with Crippen LogP contribution in [0, 0.1) is 0 Å². The van der Waals surface area contributed by atoms with Crippen LogP contribution in [0.15, 0.2) is 12.5 Å². The summed E-state index contributed by atoms with van der Waals surface area (Å²) in [5, 5.41) is 5.42. The third kappa shape index (κ3) is 1.31. The standard InChI is InChI=1S/C7H8N4O2/c1-13-7-6(12)10-4-2-8-3-9-5(4)11-7/h2-3,7H,1H3,(H,10,12)(H,8,9,11)/t7-/m0/s1. The molecule has 1 aliphatic heterocycles. The monoisotopic (exact) mass is 180 g/mol. The Morgan fingerprint density at radius 2 is 2.46 bits per heavy atom. The molecule has 2 N–H and O–H groups in total. The Bertz CT molecular complexity index is 341. The van der Waals surface area contributed by atoms with Gasteiger partial charge >= 0.3 is 0 Å². The maximum Gasteiger partial charge on any atom is 0.274 e. The molecule has 0 spiro atoms. The molecule has 1 atom stereocenters. The molecule has 0 fully saturated rings. The quantitative estimate of drug-likeness (QED) is 0.626. The molecule has 0 aliphatic carbocycles. The summed E-state index contributed by atoms with van der Waals surface area (Å²) in [5.41, 5.74) is 0.570. The van der Waals surface area contributed by atoms with Crippen LogP contribution in [0.25, 0.3) is 0 Å². The summed E-state index contributed by atoms with van der Waals surface area (Å²) in [7, 11) is 1.45. The van der Waals surface area contributed by atoms with E-state index in [4.69, 9.17) is 4.74 Å². The molecule has 0 aromatic carbocycles. The van der Waals surface area contributed by atoms with Gasteiger partial charge in [0.05, 0.1) is 6.20 Å². The molecule has 2 rings (SSSR count). The zero-order valence-corrected chi connectivity index (χ0v) is 6.94. The predicted octanol–water partition coefficient (Wildman–Crippen LogP) is -0.187. The Balaban J connectivity index is 2.33. The van der Waals surface area contributed by atoms with E-state index in [0.717, 1.165) is 0 Å². The van der Waals surface area contributed by atoms with Crippen molar-refractivity contribution in [2.75, 3.05) is 17.7 Å². The summed E-state index contributed by atoms with van der Waals surface area (Å²) in [6.07, 6.45) is 2.25. The van der Waals surface area contributed by atoms with Crippen molar-refractivity contribution in [2.24, 2.45) is 0 Å². The number of hydrogen-bond donors (Lipinski definition) is 2. The summed E-state index contributed by atoms with van der Waals surface area (Å²) in [5.74, 6) is 0.325. The number of nitrogens with zero attached hydrogens (tertiary/aromatic N) is 2. The lowest BCUT2D eigenvalue weighted by molar-refractivity contribution is -0.124. The van der Waals surface area contributed by atoms with Crippen LogP contribution < -0.4 is 10.6 Å². The first-order chi connectivity index (χ1) is 6.31. The minimum atomic E-state index is -0.678. The number of nitrogens with one attached hydrogen (secondary N) is 2. The number of hydrogen-bond acceptors (Lipinski definition) is 5. The van der Waals surface area contributed by atoms with Crippen LogP contribution in [0.1, 0.15) is 0 Å². The first kappa shape index (κ1) is 7.93. The molecule has 13 heavy (non-hydrogen) atoms. The average Bonchev–Trinajstić information content (AvgIpc) is 2.17. The summed E-state index contributed by atoms with van der Waals surface area (Å²) >= 11 is 0. The number of fused-ring (bicyclic) bond motifs is 1. The number of carbonyl (C=O) groups is 1. The minimum Gasteiger partial charge on any atom is -0.353 e. The number of methoxy groups -OCH3 is 1. The average molecular weight is 180 g/mol. The largest absolute Gasteiger partial charge is 0.353 e. The minimum absolute atomic E-state index is 0.246. The molecule has 1 aromatic rings. The van der Waals surface area contributed by atoms with Gasteiger partial charge in [-0.25, -0.2) is 9.97 Å². The molecule has 1 aromatic heterocycles. The lowest BCUT2D eigenvalue weighted by Gasteiger charge is -2.23. The Morgan fingerprint density at radius 3 is 3.23 bits per heavy atom. The number of aromatic nitrogens is 2. The van der Waals surface area contributed by atoms with Gasteiger partial charge in [0, 0.05) is 7.11 Å². The fourth-order valence-electron chi connectivity index (χ4n) is 1.09. The maximum absolute atomic E-state index is 11.2. The van der Waals surface area contributed by atoms with Crippen molar-refractivity contribution in [3.63, 3.8) is 0 Å². The lowest BCUT2D eigenvalue weighted by atomic mass is 10.3. The second-order valence-corrected chi connectivity index (χ2v) is 2.53. The molecule has 6 nitrogen and oxygen atoms in total. The van der Waals surface area contributed by atoms with Gasteiger partial charge in [-0.1, -0.05) is 0 Å². The Hall–Kier alpha value is -1.69. The van der Waals surface area contributed by atoms with Gasteiger partial charge in [0.25, 0.3) is 5.91 Å². The van der Waals surface area contributed by atoms with Crippen molar-refractivity contribution in [2.45, 2.75) is 6.23 Å². The van der Waals surface area contributed by atoms with E-state index in [0.29, 0.717) is 11.5 Å². The second-order valence-electron chi connectivity index (χ2n) is 2.53. The Kier molecular flexibility index (Phi) is 1.82. The van der Waals surface area contributed by atoms with Gasteiger partial charge in [0.2, 0.25) is 6.23 Å². The number of amides is 1. The van der Waals surface area contributed by atoms with E-state index < -0.39 is 6.23 Å². The van der Waals surface area contributed by atoms with Crippen molar-refractivity contribution in [1.29, 1.82) is 0 Å². The first-order valence-corrected chi connectivity index (χ1v) is 3.71. The summed E-state index contributed by atoms with van der Waals surface area (Å²) in [4.78, 5) is 18.9. The van der Waals surface area contributed by atoms with Gasteiger partial charge in [-0.15, -0.1) is 0 Å². The molecule has 6 heteroatoms. The van der Waals surface area contributed by atoms with Crippen molar-refractivity contribution in [3.05, 3.63) is 12.5 Å². The van der Waals surface area contributed by atoms with Gasteiger partial charge in [0.15, 0.2) is 5.82 Å². The van der Waals surface area contributed by atoms with Gasteiger partial charge in [-0.05, 0) is 0 Å². The number of rotatable bonds is 1. The molecule has 0 saturated carbocycles. The fourth-order valence-corrected chi connectivity index (χ4v) is 1.09. The Labute approximate surface area is 74.3 Å². The van der Waals surface area contributed by atoms with Gasteiger partial charge in [-0.3, -0.25) is 4.79 Å². The maximum atomic E-state index is 11.2. The molecule has 1 amide bonds. The lowest BCUT2D eigenvalue weighted by Crippen LogP contribution is -2.40.